The lowest BCUT2D eigenvalue weighted by Gasteiger charge is -2.32. The molecule has 1 amide bonds. The Hall–Kier alpha value is -0.570. The first-order chi connectivity index (χ1) is 8.45. The van der Waals surface area contributed by atoms with Crippen molar-refractivity contribution in [1.29, 1.82) is 0 Å². The van der Waals surface area contributed by atoms with E-state index in [0.717, 1.165) is 12.8 Å². The number of nitrogens with one attached hydrogen (secondary N) is 1. The second-order valence-electron chi connectivity index (χ2n) is 6.63. The standard InChI is InChI=1S/C15H29NO2/c1-15(2,3)13(10-11-17)16-14(18)12-8-6-4-5-7-9-12/h12-13,17H,4-11H2,1-3H3,(H,16,18). The fraction of sp³-hybridized carbons (Fsp3) is 0.933. The molecule has 1 saturated carbocycles. The summed E-state index contributed by atoms with van der Waals surface area (Å²) in [5.41, 5.74) is 0.00309. The Morgan fingerprint density at radius 3 is 2.22 bits per heavy atom. The van der Waals surface area contributed by atoms with Crippen LogP contribution in [0.25, 0.3) is 0 Å². The van der Waals surface area contributed by atoms with Crippen LogP contribution in [0.3, 0.4) is 0 Å². The van der Waals surface area contributed by atoms with Gasteiger partial charge in [0.05, 0.1) is 0 Å². The third-order valence-electron chi connectivity index (χ3n) is 4.01. The molecule has 1 atom stereocenters. The molecule has 0 aliphatic heterocycles. The molecule has 1 aliphatic carbocycles. The van der Waals surface area contributed by atoms with Crippen LogP contribution in [0, 0.1) is 11.3 Å². The Kier molecular flexibility index (Phi) is 6.13. The quantitative estimate of drug-likeness (QED) is 0.759. The first-order valence-corrected chi connectivity index (χ1v) is 7.36. The molecule has 2 N–H and O–H groups in total. The van der Waals surface area contributed by atoms with Gasteiger partial charge < -0.3 is 10.4 Å². The van der Waals surface area contributed by atoms with E-state index in [0.29, 0.717) is 6.42 Å². The van der Waals surface area contributed by atoms with Gasteiger partial charge in [-0.1, -0.05) is 46.5 Å². The average Bonchev–Trinajstić information content (AvgIpc) is 2.55. The van der Waals surface area contributed by atoms with Gasteiger partial charge in [0.15, 0.2) is 0 Å². The lowest BCUT2D eigenvalue weighted by molar-refractivity contribution is -0.127. The smallest absolute Gasteiger partial charge is 0.223 e. The molecule has 0 aromatic carbocycles. The van der Waals surface area contributed by atoms with Gasteiger partial charge in [0.1, 0.15) is 0 Å². The fourth-order valence-electron chi connectivity index (χ4n) is 2.68. The molecule has 0 saturated heterocycles. The zero-order chi connectivity index (χ0) is 13.6. The van der Waals surface area contributed by atoms with Gasteiger partial charge in [-0.3, -0.25) is 4.79 Å². The van der Waals surface area contributed by atoms with Crippen LogP contribution in [0.1, 0.15) is 65.7 Å². The maximum atomic E-state index is 12.3. The van der Waals surface area contributed by atoms with E-state index in [1.807, 2.05) is 0 Å². The Bertz CT molecular complexity index is 250. The van der Waals surface area contributed by atoms with Crippen LogP contribution in [-0.4, -0.2) is 23.7 Å². The summed E-state index contributed by atoms with van der Waals surface area (Å²) in [5, 5.41) is 12.3. The van der Waals surface area contributed by atoms with Gasteiger partial charge in [0.25, 0.3) is 0 Å². The van der Waals surface area contributed by atoms with Crippen molar-refractivity contribution in [3.05, 3.63) is 0 Å². The van der Waals surface area contributed by atoms with Gasteiger partial charge in [-0.15, -0.1) is 0 Å². The minimum atomic E-state index is 0.00309. The molecule has 106 valence electrons. The van der Waals surface area contributed by atoms with Crippen molar-refractivity contribution in [3.8, 4) is 0 Å². The molecule has 1 aliphatic rings. The van der Waals surface area contributed by atoms with Crippen molar-refractivity contribution < 1.29 is 9.90 Å². The van der Waals surface area contributed by atoms with Crippen LogP contribution in [0.4, 0.5) is 0 Å². The topological polar surface area (TPSA) is 49.3 Å². The minimum absolute atomic E-state index is 0.00309. The monoisotopic (exact) mass is 255 g/mol. The molecule has 1 fully saturated rings. The lowest BCUT2D eigenvalue weighted by Crippen LogP contribution is -2.46. The molecule has 0 aromatic rings. The van der Waals surface area contributed by atoms with E-state index in [2.05, 4.69) is 26.1 Å². The molecule has 0 heterocycles. The summed E-state index contributed by atoms with van der Waals surface area (Å²) in [6.45, 7) is 6.47. The highest BCUT2D eigenvalue weighted by Gasteiger charge is 2.28. The number of amides is 1. The van der Waals surface area contributed by atoms with E-state index in [1.54, 1.807) is 0 Å². The summed E-state index contributed by atoms with van der Waals surface area (Å²) in [4.78, 5) is 12.3. The van der Waals surface area contributed by atoms with Gasteiger partial charge in [0.2, 0.25) is 5.91 Å². The fourth-order valence-corrected chi connectivity index (χ4v) is 2.68. The van der Waals surface area contributed by atoms with E-state index in [-0.39, 0.29) is 29.9 Å². The lowest BCUT2D eigenvalue weighted by atomic mass is 9.84. The highest BCUT2D eigenvalue weighted by molar-refractivity contribution is 5.79. The van der Waals surface area contributed by atoms with Gasteiger partial charge in [-0.25, -0.2) is 0 Å². The molecule has 3 heteroatoms. The predicted octanol–water partition coefficient (Wildman–Crippen LogP) is 2.87. The summed E-state index contributed by atoms with van der Waals surface area (Å²) in [6.07, 6.45) is 7.59. The van der Waals surface area contributed by atoms with Crippen molar-refractivity contribution in [1.82, 2.24) is 5.32 Å². The Balaban J connectivity index is 2.54. The third kappa shape index (κ3) is 4.97. The van der Waals surface area contributed by atoms with E-state index < -0.39 is 0 Å². The summed E-state index contributed by atoms with van der Waals surface area (Å²) >= 11 is 0. The second-order valence-corrected chi connectivity index (χ2v) is 6.63. The van der Waals surface area contributed by atoms with Crippen molar-refractivity contribution in [3.63, 3.8) is 0 Å². The van der Waals surface area contributed by atoms with Crippen molar-refractivity contribution >= 4 is 5.91 Å². The average molecular weight is 255 g/mol. The molecule has 18 heavy (non-hydrogen) atoms. The SMILES string of the molecule is CC(C)(C)C(CCO)NC(=O)C1CCCCCC1. The first-order valence-electron chi connectivity index (χ1n) is 7.36. The number of aliphatic hydroxyl groups is 1. The van der Waals surface area contributed by atoms with Gasteiger partial charge >= 0.3 is 0 Å². The number of carbonyl (C=O) groups excluding carboxylic acids is 1. The zero-order valence-electron chi connectivity index (χ0n) is 12.2. The van der Waals surface area contributed by atoms with Crippen LogP contribution < -0.4 is 5.32 Å². The number of rotatable bonds is 4. The van der Waals surface area contributed by atoms with Crippen LogP contribution >= 0.6 is 0 Å². The van der Waals surface area contributed by atoms with Crippen LogP contribution in [0.2, 0.25) is 0 Å². The molecule has 1 rings (SSSR count). The van der Waals surface area contributed by atoms with Gasteiger partial charge in [0, 0.05) is 18.6 Å². The molecule has 0 radical (unpaired) electrons. The second kappa shape index (κ2) is 7.13. The number of hydrogen-bond acceptors (Lipinski definition) is 2. The zero-order valence-corrected chi connectivity index (χ0v) is 12.2. The predicted molar refractivity (Wildman–Crippen MR) is 74.3 cm³/mol. The summed E-state index contributed by atoms with van der Waals surface area (Å²) < 4.78 is 0. The molecule has 0 aromatic heterocycles. The number of aliphatic hydroxyl groups excluding tert-OH is 1. The first kappa shape index (κ1) is 15.5. The van der Waals surface area contributed by atoms with E-state index in [1.165, 1.54) is 25.7 Å². The molecular formula is C15H29NO2. The number of carbonyl (C=O) groups is 1. The maximum Gasteiger partial charge on any atom is 0.223 e. The van der Waals surface area contributed by atoms with Crippen molar-refractivity contribution in [2.24, 2.45) is 11.3 Å². The Morgan fingerprint density at radius 1 is 1.22 bits per heavy atom. The van der Waals surface area contributed by atoms with Crippen LogP contribution in [0.5, 0.6) is 0 Å². The highest BCUT2D eigenvalue weighted by Crippen LogP contribution is 2.26. The van der Waals surface area contributed by atoms with Gasteiger partial charge in [-0.2, -0.15) is 0 Å². The summed E-state index contributed by atoms with van der Waals surface area (Å²) in [5.74, 6) is 0.390. The van der Waals surface area contributed by atoms with E-state index >= 15 is 0 Å². The minimum Gasteiger partial charge on any atom is -0.396 e. The van der Waals surface area contributed by atoms with Crippen molar-refractivity contribution in [2.45, 2.75) is 71.8 Å². The van der Waals surface area contributed by atoms with E-state index in [4.69, 9.17) is 5.11 Å². The largest absolute Gasteiger partial charge is 0.396 e. The maximum absolute atomic E-state index is 12.3. The molecule has 1 unspecified atom stereocenters. The molecule has 3 nitrogen and oxygen atoms in total. The third-order valence-corrected chi connectivity index (χ3v) is 4.01. The van der Waals surface area contributed by atoms with E-state index in [9.17, 15) is 4.79 Å². The molecule has 0 spiro atoms. The Morgan fingerprint density at radius 2 is 1.78 bits per heavy atom. The van der Waals surface area contributed by atoms with Crippen molar-refractivity contribution in [2.75, 3.05) is 6.61 Å². The van der Waals surface area contributed by atoms with Crippen LogP contribution in [-0.2, 0) is 4.79 Å². The summed E-state index contributed by atoms with van der Waals surface area (Å²) in [6, 6.07) is 0.0678. The highest BCUT2D eigenvalue weighted by atomic mass is 16.3. The molecule has 0 bridgehead atoms. The normalized spacial score (nSPS) is 20.2. The summed E-state index contributed by atoms with van der Waals surface area (Å²) in [7, 11) is 0. The van der Waals surface area contributed by atoms with Crippen LogP contribution in [0.15, 0.2) is 0 Å². The number of hydrogen-bond donors (Lipinski definition) is 2. The van der Waals surface area contributed by atoms with Gasteiger partial charge in [-0.05, 0) is 24.7 Å². The Labute approximate surface area is 111 Å². The molecular weight excluding hydrogens is 226 g/mol.